The van der Waals surface area contributed by atoms with Crippen molar-refractivity contribution in [2.75, 3.05) is 13.6 Å². The molecular formula is C14H21N3O5. The lowest BCUT2D eigenvalue weighted by Gasteiger charge is -2.23. The number of imide groups is 1. The van der Waals surface area contributed by atoms with Gasteiger partial charge in [-0.1, -0.05) is 12.8 Å². The number of urea groups is 1. The van der Waals surface area contributed by atoms with Gasteiger partial charge in [0.1, 0.15) is 11.6 Å². The normalized spacial score (nSPS) is 21.1. The molecule has 8 nitrogen and oxygen atoms in total. The lowest BCUT2D eigenvalue weighted by Crippen LogP contribution is -2.44. The summed E-state index contributed by atoms with van der Waals surface area (Å²) < 4.78 is 0. The van der Waals surface area contributed by atoms with Gasteiger partial charge in [-0.25, -0.2) is 9.59 Å². The summed E-state index contributed by atoms with van der Waals surface area (Å²) in [5, 5.41) is 11.6. The fourth-order valence-electron chi connectivity index (χ4n) is 2.96. The first kappa shape index (κ1) is 16.3. The lowest BCUT2D eigenvalue weighted by molar-refractivity contribution is -0.148. The van der Waals surface area contributed by atoms with Gasteiger partial charge in [-0.2, -0.15) is 0 Å². The second kappa shape index (κ2) is 5.94. The first-order valence-corrected chi connectivity index (χ1v) is 7.41. The molecule has 1 aliphatic carbocycles. The van der Waals surface area contributed by atoms with Crippen LogP contribution < -0.4 is 5.32 Å². The van der Waals surface area contributed by atoms with E-state index in [0.717, 1.165) is 22.6 Å². The Kier molecular flexibility index (Phi) is 4.39. The van der Waals surface area contributed by atoms with Gasteiger partial charge in [0.05, 0.1) is 0 Å². The fourth-order valence-corrected chi connectivity index (χ4v) is 2.96. The largest absolute Gasteiger partial charge is 0.480 e. The molecule has 2 aliphatic rings. The number of rotatable bonds is 5. The third-order valence-corrected chi connectivity index (χ3v) is 4.58. The minimum Gasteiger partial charge on any atom is -0.480 e. The number of carboxylic acid groups (broad SMARTS) is 1. The molecule has 8 heteroatoms. The number of carbonyl (C=O) groups is 4. The molecule has 0 aromatic heterocycles. The van der Waals surface area contributed by atoms with Gasteiger partial charge >= 0.3 is 12.0 Å². The highest BCUT2D eigenvalue weighted by Gasteiger charge is 2.52. The van der Waals surface area contributed by atoms with Crippen LogP contribution in [0.15, 0.2) is 0 Å². The summed E-state index contributed by atoms with van der Waals surface area (Å²) >= 11 is 0. The second-order valence-electron chi connectivity index (χ2n) is 5.95. The first-order valence-electron chi connectivity index (χ1n) is 7.41. The topological polar surface area (TPSA) is 107 Å². The standard InChI is InChI=1S/C14H21N3O5/c1-9(11(19)20)16(2)10(18)5-8-17-12(21)14(15-13(17)22)6-3-4-7-14/h9H,3-8H2,1-2H3,(H,15,22)(H,19,20). The number of aliphatic carboxylic acids is 1. The molecule has 1 atom stereocenters. The fraction of sp³-hybridized carbons (Fsp3) is 0.714. The summed E-state index contributed by atoms with van der Waals surface area (Å²) in [5.41, 5.74) is -0.777. The summed E-state index contributed by atoms with van der Waals surface area (Å²) in [5.74, 6) is -1.78. The molecule has 4 amide bonds. The second-order valence-corrected chi connectivity index (χ2v) is 5.95. The van der Waals surface area contributed by atoms with Crippen molar-refractivity contribution >= 4 is 23.8 Å². The van der Waals surface area contributed by atoms with E-state index < -0.39 is 29.5 Å². The number of likely N-dealkylation sites (N-methyl/N-ethyl adjacent to an activating group) is 1. The van der Waals surface area contributed by atoms with Crippen LogP contribution in [0, 0.1) is 0 Å². The van der Waals surface area contributed by atoms with E-state index in [4.69, 9.17) is 5.11 Å². The van der Waals surface area contributed by atoms with Crippen LogP contribution in [0.2, 0.25) is 0 Å². The molecule has 1 spiro atoms. The maximum absolute atomic E-state index is 12.4. The van der Waals surface area contributed by atoms with Gasteiger partial charge in [-0.15, -0.1) is 0 Å². The molecule has 0 radical (unpaired) electrons. The van der Waals surface area contributed by atoms with Gasteiger partial charge in [0.25, 0.3) is 5.91 Å². The average molecular weight is 311 g/mol. The third-order valence-electron chi connectivity index (χ3n) is 4.58. The van der Waals surface area contributed by atoms with Gasteiger partial charge in [0.15, 0.2) is 0 Å². The van der Waals surface area contributed by atoms with E-state index in [-0.39, 0.29) is 18.9 Å². The maximum Gasteiger partial charge on any atom is 0.326 e. The Labute approximate surface area is 128 Å². The summed E-state index contributed by atoms with van der Waals surface area (Å²) in [4.78, 5) is 49.3. The number of carbonyl (C=O) groups excluding carboxylic acids is 3. The van der Waals surface area contributed by atoms with Crippen LogP contribution >= 0.6 is 0 Å². The van der Waals surface area contributed by atoms with Crippen LogP contribution in [0.3, 0.4) is 0 Å². The molecule has 2 fully saturated rings. The Morgan fingerprint density at radius 1 is 1.36 bits per heavy atom. The van der Waals surface area contributed by atoms with Crippen molar-refractivity contribution in [3.05, 3.63) is 0 Å². The van der Waals surface area contributed by atoms with Crippen molar-refractivity contribution < 1.29 is 24.3 Å². The maximum atomic E-state index is 12.4. The highest BCUT2D eigenvalue weighted by molar-refractivity contribution is 6.07. The van der Waals surface area contributed by atoms with Crippen molar-refractivity contribution in [1.29, 1.82) is 0 Å². The van der Waals surface area contributed by atoms with E-state index in [1.54, 1.807) is 0 Å². The highest BCUT2D eigenvalue weighted by atomic mass is 16.4. The van der Waals surface area contributed by atoms with Crippen molar-refractivity contribution in [2.45, 2.75) is 50.6 Å². The van der Waals surface area contributed by atoms with Crippen LogP contribution in [0.5, 0.6) is 0 Å². The van der Waals surface area contributed by atoms with E-state index in [1.165, 1.54) is 14.0 Å². The molecular weight excluding hydrogens is 290 g/mol. The summed E-state index contributed by atoms with van der Waals surface area (Å²) in [6.07, 6.45) is 2.99. The van der Waals surface area contributed by atoms with E-state index in [1.807, 2.05) is 0 Å². The van der Waals surface area contributed by atoms with Crippen LogP contribution in [-0.4, -0.2) is 63.9 Å². The Morgan fingerprint density at radius 3 is 2.50 bits per heavy atom. The monoisotopic (exact) mass is 311 g/mol. The number of hydrogen-bond acceptors (Lipinski definition) is 4. The van der Waals surface area contributed by atoms with Crippen molar-refractivity contribution in [2.24, 2.45) is 0 Å². The van der Waals surface area contributed by atoms with Gasteiger partial charge < -0.3 is 15.3 Å². The van der Waals surface area contributed by atoms with E-state index >= 15 is 0 Å². The van der Waals surface area contributed by atoms with Crippen LogP contribution in [0.4, 0.5) is 4.79 Å². The molecule has 22 heavy (non-hydrogen) atoms. The predicted octanol–water partition coefficient (Wildman–Crippen LogP) is 0.173. The zero-order chi connectivity index (χ0) is 16.5. The van der Waals surface area contributed by atoms with Gasteiger partial charge in [-0.3, -0.25) is 14.5 Å². The zero-order valence-corrected chi connectivity index (χ0v) is 12.8. The first-order chi connectivity index (χ1) is 10.3. The Hall–Kier alpha value is -2.12. The number of nitrogens with zero attached hydrogens (tertiary/aromatic N) is 2. The lowest BCUT2D eigenvalue weighted by atomic mass is 9.98. The Morgan fingerprint density at radius 2 is 1.95 bits per heavy atom. The molecule has 2 N–H and O–H groups in total. The van der Waals surface area contributed by atoms with Crippen LogP contribution in [0.25, 0.3) is 0 Å². The van der Waals surface area contributed by atoms with Gasteiger partial charge in [0, 0.05) is 20.0 Å². The molecule has 1 unspecified atom stereocenters. The van der Waals surface area contributed by atoms with Crippen molar-refractivity contribution in [3.63, 3.8) is 0 Å². The molecule has 0 bridgehead atoms. The summed E-state index contributed by atoms with van der Waals surface area (Å²) in [6, 6.07) is -1.41. The number of nitrogens with one attached hydrogen (secondary N) is 1. The van der Waals surface area contributed by atoms with E-state index in [0.29, 0.717) is 12.8 Å². The molecule has 0 aromatic carbocycles. The van der Waals surface area contributed by atoms with Crippen molar-refractivity contribution in [1.82, 2.24) is 15.1 Å². The van der Waals surface area contributed by atoms with Crippen LogP contribution in [0.1, 0.15) is 39.0 Å². The van der Waals surface area contributed by atoms with Crippen LogP contribution in [-0.2, 0) is 14.4 Å². The molecule has 122 valence electrons. The Balaban J connectivity index is 1.94. The number of amides is 4. The summed E-state index contributed by atoms with van der Waals surface area (Å²) in [7, 11) is 1.39. The minimum absolute atomic E-state index is 0.0259. The Bertz CT molecular complexity index is 513. The third kappa shape index (κ3) is 2.77. The smallest absolute Gasteiger partial charge is 0.326 e. The quantitative estimate of drug-likeness (QED) is 0.704. The van der Waals surface area contributed by atoms with Gasteiger partial charge in [0.2, 0.25) is 5.91 Å². The van der Waals surface area contributed by atoms with E-state index in [2.05, 4.69) is 5.32 Å². The molecule has 0 aromatic rings. The number of hydrogen-bond donors (Lipinski definition) is 2. The van der Waals surface area contributed by atoms with Crippen molar-refractivity contribution in [3.8, 4) is 0 Å². The summed E-state index contributed by atoms with van der Waals surface area (Å²) in [6.45, 7) is 1.38. The molecule has 1 saturated heterocycles. The highest BCUT2D eigenvalue weighted by Crippen LogP contribution is 2.35. The predicted molar refractivity (Wildman–Crippen MR) is 75.9 cm³/mol. The van der Waals surface area contributed by atoms with Gasteiger partial charge in [-0.05, 0) is 19.8 Å². The molecule has 1 heterocycles. The minimum atomic E-state index is -1.10. The molecule has 1 saturated carbocycles. The van der Waals surface area contributed by atoms with E-state index in [9.17, 15) is 19.2 Å². The SMILES string of the molecule is CC(C(=O)O)N(C)C(=O)CCN1C(=O)NC2(CCCC2)C1=O. The number of carboxylic acids is 1. The molecule has 1 aliphatic heterocycles. The average Bonchev–Trinajstić information content (AvgIpc) is 3.02. The molecule has 2 rings (SSSR count). The zero-order valence-electron chi connectivity index (χ0n) is 12.8.